The number of amidine groups is 1. The van der Waals surface area contributed by atoms with Crippen molar-refractivity contribution in [2.75, 3.05) is 0 Å². The number of nitrogens with one attached hydrogen (secondary N) is 1. The molecule has 3 N–H and O–H groups in total. The highest BCUT2D eigenvalue weighted by atomic mass is 79.9. The maximum atomic E-state index is 7.44. The van der Waals surface area contributed by atoms with E-state index >= 15 is 0 Å². The average Bonchev–Trinajstić information content (AvgIpc) is 2.41. The van der Waals surface area contributed by atoms with Gasteiger partial charge in [0.05, 0.1) is 0 Å². The van der Waals surface area contributed by atoms with Crippen LogP contribution in [-0.4, -0.2) is 10.8 Å². The summed E-state index contributed by atoms with van der Waals surface area (Å²) >= 11 is 3.46. The first kappa shape index (κ1) is 14.5. The minimum absolute atomic E-state index is 0.00265. The first-order valence-corrected chi connectivity index (χ1v) is 7.04. The van der Waals surface area contributed by atoms with Crippen LogP contribution < -0.4 is 10.5 Å². The van der Waals surface area contributed by atoms with E-state index < -0.39 is 0 Å². The maximum absolute atomic E-state index is 7.44. The Hall–Kier alpha value is -1.88. The van der Waals surface area contributed by atoms with E-state index in [2.05, 4.69) is 34.8 Å². The number of aromatic nitrogens is 1. The zero-order valence-electron chi connectivity index (χ0n) is 11.4. The van der Waals surface area contributed by atoms with Crippen LogP contribution in [0.2, 0.25) is 0 Å². The Morgan fingerprint density at radius 3 is 2.70 bits per heavy atom. The minimum atomic E-state index is -0.00265. The molecular weight excluding hydrogens is 318 g/mol. The van der Waals surface area contributed by atoms with Crippen molar-refractivity contribution in [1.82, 2.24) is 4.98 Å². The maximum Gasteiger partial charge on any atom is 0.219 e. The zero-order valence-corrected chi connectivity index (χ0v) is 12.9. The number of benzene rings is 1. The summed E-state index contributed by atoms with van der Waals surface area (Å²) in [6.45, 7) is 4.21. The van der Waals surface area contributed by atoms with Crippen molar-refractivity contribution in [2.45, 2.75) is 19.8 Å². The molecule has 0 saturated heterocycles. The Kier molecular flexibility index (Phi) is 4.39. The highest BCUT2D eigenvalue weighted by Crippen LogP contribution is 2.32. The molecule has 0 bridgehead atoms. The molecule has 0 aliphatic heterocycles. The molecule has 0 aliphatic rings. The normalized spacial score (nSPS) is 10.6. The molecular formula is C15H16BrN3O. The molecule has 0 aliphatic carbocycles. The number of rotatable bonds is 4. The first-order valence-electron chi connectivity index (χ1n) is 6.25. The van der Waals surface area contributed by atoms with Crippen LogP contribution in [0, 0.1) is 5.41 Å². The van der Waals surface area contributed by atoms with E-state index in [1.165, 1.54) is 0 Å². The molecule has 2 rings (SSSR count). The third-order valence-corrected chi connectivity index (χ3v) is 3.35. The van der Waals surface area contributed by atoms with Crippen LogP contribution in [-0.2, 0) is 0 Å². The van der Waals surface area contributed by atoms with Crippen LogP contribution >= 0.6 is 15.9 Å². The van der Waals surface area contributed by atoms with E-state index in [1.54, 1.807) is 18.3 Å². The lowest BCUT2D eigenvalue weighted by Gasteiger charge is -2.14. The summed E-state index contributed by atoms with van der Waals surface area (Å²) < 4.78 is 6.85. The molecule has 0 atom stereocenters. The van der Waals surface area contributed by atoms with Crippen molar-refractivity contribution in [3.63, 3.8) is 0 Å². The van der Waals surface area contributed by atoms with E-state index in [0.29, 0.717) is 17.4 Å². The van der Waals surface area contributed by atoms with Gasteiger partial charge in [-0.15, -0.1) is 0 Å². The molecule has 104 valence electrons. The highest BCUT2D eigenvalue weighted by Gasteiger charge is 2.10. The van der Waals surface area contributed by atoms with Crippen LogP contribution in [0.5, 0.6) is 11.6 Å². The molecule has 5 heteroatoms. The lowest BCUT2D eigenvalue weighted by atomic mass is 10.0. The summed E-state index contributed by atoms with van der Waals surface area (Å²) in [5.41, 5.74) is 7.16. The van der Waals surface area contributed by atoms with E-state index in [9.17, 15) is 0 Å². The Morgan fingerprint density at radius 1 is 1.30 bits per heavy atom. The Balaban J connectivity index is 2.35. The molecule has 0 spiro atoms. The molecule has 4 nitrogen and oxygen atoms in total. The van der Waals surface area contributed by atoms with Gasteiger partial charge in [-0.25, -0.2) is 4.98 Å². The van der Waals surface area contributed by atoms with Gasteiger partial charge in [-0.05, 0) is 35.7 Å². The largest absolute Gasteiger partial charge is 0.439 e. The van der Waals surface area contributed by atoms with Gasteiger partial charge in [0.1, 0.15) is 11.6 Å². The van der Waals surface area contributed by atoms with E-state index in [-0.39, 0.29) is 5.84 Å². The number of halogens is 1. The van der Waals surface area contributed by atoms with Gasteiger partial charge >= 0.3 is 0 Å². The van der Waals surface area contributed by atoms with Crippen molar-refractivity contribution >= 4 is 21.8 Å². The van der Waals surface area contributed by atoms with Gasteiger partial charge < -0.3 is 10.5 Å². The van der Waals surface area contributed by atoms with Crippen molar-refractivity contribution in [1.29, 1.82) is 5.41 Å². The van der Waals surface area contributed by atoms with Gasteiger partial charge in [0.25, 0.3) is 0 Å². The molecule has 0 unspecified atom stereocenters. The molecule has 0 radical (unpaired) electrons. The Bertz CT molecular complexity index is 641. The summed E-state index contributed by atoms with van der Waals surface area (Å²) in [6.07, 6.45) is 1.58. The molecule has 1 heterocycles. The third kappa shape index (κ3) is 3.36. The minimum Gasteiger partial charge on any atom is -0.439 e. The molecule has 2 aromatic rings. The van der Waals surface area contributed by atoms with Crippen molar-refractivity contribution in [3.8, 4) is 11.6 Å². The first-order chi connectivity index (χ1) is 9.47. The lowest BCUT2D eigenvalue weighted by molar-refractivity contribution is 0.454. The fourth-order valence-electron chi connectivity index (χ4n) is 1.81. The summed E-state index contributed by atoms with van der Waals surface area (Å²) in [6, 6.07) is 9.21. The number of nitrogens with zero attached hydrogens (tertiary/aromatic N) is 1. The number of ether oxygens (including phenoxy) is 1. The predicted octanol–water partition coefficient (Wildman–Crippen LogP) is 4.04. The Morgan fingerprint density at radius 2 is 2.05 bits per heavy atom. The van der Waals surface area contributed by atoms with Gasteiger partial charge in [0.2, 0.25) is 5.88 Å². The number of hydrogen-bond donors (Lipinski definition) is 2. The lowest BCUT2D eigenvalue weighted by Crippen LogP contribution is -2.11. The summed E-state index contributed by atoms with van der Waals surface area (Å²) in [7, 11) is 0. The molecule has 20 heavy (non-hydrogen) atoms. The Labute approximate surface area is 126 Å². The van der Waals surface area contributed by atoms with E-state index in [1.807, 2.05) is 18.2 Å². The zero-order chi connectivity index (χ0) is 14.7. The third-order valence-electron chi connectivity index (χ3n) is 2.85. The van der Waals surface area contributed by atoms with Crippen LogP contribution in [0.15, 0.2) is 41.0 Å². The van der Waals surface area contributed by atoms with Crippen LogP contribution in [0.3, 0.4) is 0 Å². The monoisotopic (exact) mass is 333 g/mol. The fourth-order valence-corrected chi connectivity index (χ4v) is 2.19. The van der Waals surface area contributed by atoms with E-state index in [0.717, 1.165) is 15.8 Å². The van der Waals surface area contributed by atoms with Crippen molar-refractivity contribution in [3.05, 3.63) is 52.1 Å². The van der Waals surface area contributed by atoms with Gasteiger partial charge in [-0.2, -0.15) is 0 Å². The molecule has 0 amide bonds. The molecule has 1 aromatic carbocycles. The quantitative estimate of drug-likeness (QED) is 0.655. The standard InChI is InChI=1S/C15H16BrN3O/c1-9(2)12-8-11(16)3-4-13(12)20-14-7-10(15(17)18)5-6-19-14/h3-9H,1-2H3,(H3,17,18). The van der Waals surface area contributed by atoms with Crippen molar-refractivity contribution in [2.24, 2.45) is 5.73 Å². The predicted molar refractivity (Wildman–Crippen MR) is 83.6 cm³/mol. The van der Waals surface area contributed by atoms with Crippen LogP contribution in [0.4, 0.5) is 0 Å². The van der Waals surface area contributed by atoms with Crippen molar-refractivity contribution < 1.29 is 4.74 Å². The van der Waals surface area contributed by atoms with Gasteiger partial charge in [-0.1, -0.05) is 29.8 Å². The van der Waals surface area contributed by atoms with Gasteiger partial charge in [0, 0.05) is 22.3 Å². The number of nitrogens with two attached hydrogens (primary N) is 1. The number of nitrogen functional groups attached to an aromatic ring is 1. The second kappa shape index (κ2) is 6.05. The fraction of sp³-hybridized carbons (Fsp3) is 0.200. The smallest absolute Gasteiger partial charge is 0.219 e. The molecule has 1 aromatic heterocycles. The summed E-state index contributed by atoms with van der Waals surface area (Å²) in [4.78, 5) is 4.15. The average molecular weight is 334 g/mol. The van der Waals surface area contributed by atoms with Crippen LogP contribution in [0.25, 0.3) is 0 Å². The number of pyridine rings is 1. The SMILES string of the molecule is CC(C)c1cc(Br)ccc1Oc1cc(C(=N)N)ccn1. The summed E-state index contributed by atoms with van der Waals surface area (Å²) in [5.74, 6) is 1.52. The van der Waals surface area contributed by atoms with Gasteiger partial charge in [-0.3, -0.25) is 5.41 Å². The van der Waals surface area contributed by atoms with Gasteiger partial charge in [0.15, 0.2) is 0 Å². The second-order valence-corrected chi connectivity index (χ2v) is 5.65. The summed E-state index contributed by atoms with van der Waals surface area (Å²) in [5, 5.41) is 7.44. The molecule has 0 saturated carbocycles. The van der Waals surface area contributed by atoms with Crippen LogP contribution in [0.1, 0.15) is 30.9 Å². The molecule has 0 fully saturated rings. The van der Waals surface area contributed by atoms with E-state index in [4.69, 9.17) is 15.9 Å². The second-order valence-electron chi connectivity index (χ2n) is 4.74. The topological polar surface area (TPSA) is 72.0 Å². The highest BCUT2D eigenvalue weighted by molar-refractivity contribution is 9.10. The number of hydrogen-bond acceptors (Lipinski definition) is 3.